The van der Waals surface area contributed by atoms with E-state index in [0.717, 1.165) is 0 Å². The first kappa shape index (κ1) is 19.4. The van der Waals surface area contributed by atoms with E-state index in [1.165, 1.54) is 12.1 Å². The molecule has 0 saturated carbocycles. The highest BCUT2D eigenvalue weighted by molar-refractivity contribution is 6.42. The van der Waals surface area contributed by atoms with Crippen LogP contribution in [0.4, 0.5) is 5.69 Å². The molecule has 0 aliphatic rings. The molecule has 0 bridgehead atoms. The van der Waals surface area contributed by atoms with Gasteiger partial charge in [0.05, 0.1) is 27.9 Å². The van der Waals surface area contributed by atoms with E-state index in [2.05, 4.69) is 5.32 Å². The summed E-state index contributed by atoms with van der Waals surface area (Å²) in [5, 5.41) is 3.19. The maximum Gasteiger partial charge on any atom is 0.338 e. The molecule has 0 radical (unpaired) electrons. The van der Waals surface area contributed by atoms with Crippen molar-refractivity contribution in [1.29, 1.82) is 0 Å². The van der Waals surface area contributed by atoms with Gasteiger partial charge in [-0.05, 0) is 43.3 Å². The molecule has 5 nitrogen and oxygen atoms in total. The summed E-state index contributed by atoms with van der Waals surface area (Å²) in [6, 6.07) is 9.28. The molecule has 2 rings (SSSR count). The zero-order valence-corrected chi connectivity index (χ0v) is 15.4. The van der Waals surface area contributed by atoms with E-state index in [0.29, 0.717) is 22.9 Å². The Balaban J connectivity index is 1.92. The molecule has 1 amide bonds. The van der Waals surface area contributed by atoms with Crippen LogP contribution in [0.3, 0.4) is 0 Å². The minimum atomic E-state index is -0.633. The molecular weight excluding hydrogens is 389 g/mol. The van der Waals surface area contributed by atoms with Crippen LogP contribution in [0.15, 0.2) is 36.4 Å². The Bertz CT molecular complexity index is 755. The summed E-state index contributed by atoms with van der Waals surface area (Å²) in [6.45, 7) is 1.90. The fourth-order valence-corrected chi connectivity index (χ4v) is 2.82. The van der Waals surface area contributed by atoms with E-state index in [1.807, 2.05) is 6.92 Å². The van der Waals surface area contributed by atoms with Gasteiger partial charge in [0, 0.05) is 5.02 Å². The van der Waals surface area contributed by atoms with Crippen molar-refractivity contribution in [2.75, 3.05) is 18.5 Å². The monoisotopic (exact) mass is 401 g/mol. The zero-order chi connectivity index (χ0) is 18.4. The molecule has 0 fully saturated rings. The average molecular weight is 403 g/mol. The van der Waals surface area contributed by atoms with Crippen molar-refractivity contribution < 1.29 is 19.1 Å². The summed E-state index contributed by atoms with van der Waals surface area (Å²) in [5.74, 6) is -0.569. The van der Waals surface area contributed by atoms with Crippen LogP contribution in [0.2, 0.25) is 15.1 Å². The van der Waals surface area contributed by atoms with Crippen molar-refractivity contribution in [2.45, 2.75) is 6.92 Å². The number of halogens is 3. The lowest BCUT2D eigenvalue weighted by Gasteiger charge is -2.10. The minimum absolute atomic E-state index is 0.184. The molecule has 2 aromatic carbocycles. The SMILES string of the molecule is CCOc1ccc(C(=O)OCC(=O)Nc2c(Cl)cc(Cl)cc2Cl)cc1. The predicted molar refractivity (Wildman–Crippen MR) is 98.0 cm³/mol. The van der Waals surface area contributed by atoms with Crippen molar-refractivity contribution in [1.82, 2.24) is 0 Å². The Morgan fingerprint density at radius 1 is 1.04 bits per heavy atom. The summed E-state index contributed by atoms with van der Waals surface area (Å²) in [6.07, 6.45) is 0. The van der Waals surface area contributed by atoms with E-state index in [1.54, 1.807) is 24.3 Å². The van der Waals surface area contributed by atoms with E-state index in [-0.39, 0.29) is 15.7 Å². The molecule has 0 heterocycles. The number of hydrogen-bond acceptors (Lipinski definition) is 4. The highest BCUT2D eigenvalue weighted by Gasteiger charge is 2.14. The Morgan fingerprint density at radius 3 is 2.20 bits per heavy atom. The summed E-state index contributed by atoms with van der Waals surface area (Å²) in [5.41, 5.74) is 0.508. The largest absolute Gasteiger partial charge is 0.494 e. The fraction of sp³-hybridized carbons (Fsp3) is 0.176. The first-order chi connectivity index (χ1) is 11.9. The number of amides is 1. The zero-order valence-electron chi connectivity index (χ0n) is 13.1. The van der Waals surface area contributed by atoms with Crippen LogP contribution in [-0.2, 0) is 9.53 Å². The molecule has 0 spiro atoms. The molecule has 8 heteroatoms. The molecule has 0 aliphatic heterocycles. The van der Waals surface area contributed by atoms with Gasteiger partial charge in [-0.15, -0.1) is 0 Å². The lowest BCUT2D eigenvalue weighted by molar-refractivity contribution is -0.119. The van der Waals surface area contributed by atoms with Crippen molar-refractivity contribution in [3.63, 3.8) is 0 Å². The lowest BCUT2D eigenvalue weighted by Crippen LogP contribution is -2.21. The maximum atomic E-state index is 11.9. The number of nitrogens with one attached hydrogen (secondary N) is 1. The van der Waals surface area contributed by atoms with Gasteiger partial charge in [0.1, 0.15) is 5.75 Å². The second kappa shape index (κ2) is 8.94. The number of carbonyl (C=O) groups excluding carboxylic acids is 2. The first-order valence-corrected chi connectivity index (χ1v) is 8.38. The van der Waals surface area contributed by atoms with E-state index >= 15 is 0 Å². The minimum Gasteiger partial charge on any atom is -0.494 e. The average Bonchev–Trinajstić information content (AvgIpc) is 2.57. The summed E-state index contributed by atoms with van der Waals surface area (Å²) >= 11 is 17.7. The van der Waals surface area contributed by atoms with Gasteiger partial charge in [-0.2, -0.15) is 0 Å². The van der Waals surface area contributed by atoms with Crippen molar-refractivity contribution in [3.8, 4) is 5.75 Å². The smallest absolute Gasteiger partial charge is 0.338 e. The normalized spacial score (nSPS) is 10.2. The van der Waals surface area contributed by atoms with Crippen LogP contribution in [0.5, 0.6) is 5.75 Å². The molecule has 0 aromatic heterocycles. The molecule has 25 heavy (non-hydrogen) atoms. The number of hydrogen-bond donors (Lipinski definition) is 1. The second-order valence-electron chi connectivity index (χ2n) is 4.83. The highest BCUT2D eigenvalue weighted by atomic mass is 35.5. The molecule has 0 saturated heterocycles. The maximum absolute atomic E-state index is 11.9. The van der Waals surface area contributed by atoms with Gasteiger partial charge >= 0.3 is 5.97 Å². The van der Waals surface area contributed by atoms with Gasteiger partial charge in [-0.25, -0.2) is 4.79 Å². The first-order valence-electron chi connectivity index (χ1n) is 7.25. The molecule has 0 aliphatic carbocycles. The number of benzene rings is 2. The van der Waals surface area contributed by atoms with Crippen molar-refractivity contribution in [2.24, 2.45) is 0 Å². The molecular formula is C17H14Cl3NO4. The van der Waals surface area contributed by atoms with Gasteiger partial charge in [0.25, 0.3) is 5.91 Å². The van der Waals surface area contributed by atoms with Crippen LogP contribution >= 0.6 is 34.8 Å². The molecule has 0 unspecified atom stereocenters. The number of rotatable bonds is 6. The lowest BCUT2D eigenvalue weighted by atomic mass is 10.2. The summed E-state index contributed by atoms with van der Waals surface area (Å²) < 4.78 is 10.2. The van der Waals surface area contributed by atoms with E-state index in [9.17, 15) is 9.59 Å². The van der Waals surface area contributed by atoms with Crippen molar-refractivity contribution in [3.05, 3.63) is 57.0 Å². The summed E-state index contributed by atoms with van der Waals surface area (Å²) in [4.78, 5) is 23.9. The second-order valence-corrected chi connectivity index (χ2v) is 6.08. The number of ether oxygens (including phenoxy) is 2. The van der Waals surface area contributed by atoms with E-state index < -0.39 is 18.5 Å². The Kier molecular flexibility index (Phi) is 6.93. The van der Waals surface area contributed by atoms with E-state index in [4.69, 9.17) is 44.3 Å². The van der Waals surface area contributed by atoms with Gasteiger partial charge in [0.15, 0.2) is 6.61 Å². The van der Waals surface area contributed by atoms with Crippen LogP contribution in [0.1, 0.15) is 17.3 Å². The third-order valence-electron chi connectivity index (χ3n) is 3.01. The van der Waals surface area contributed by atoms with Gasteiger partial charge in [-0.1, -0.05) is 34.8 Å². The number of carbonyl (C=O) groups is 2. The van der Waals surface area contributed by atoms with Gasteiger partial charge < -0.3 is 14.8 Å². The number of esters is 1. The number of anilines is 1. The molecule has 2 aromatic rings. The Morgan fingerprint density at radius 2 is 1.64 bits per heavy atom. The van der Waals surface area contributed by atoms with Crippen LogP contribution in [0.25, 0.3) is 0 Å². The van der Waals surface area contributed by atoms with Crippen LogP contribution in [0, 0.1) is 0 Å². The predicted octanol–water partition coefficient (Wildman–Crippen LogP) is 4.84. The third-order valence-corrected chi connectivity index (χ3v) is 3.82. The van der Waals surface area contributed by atoms with Crippen LogP contribution < -0.4 is 10.1 Å². The third kappa shape index (κ3) is 5.53. The molecule has 1 N–H and O–H groups in total. The highest BCUT2D eigenvalue weighted by Crippen LogP contribution is 2.33. The Labute approximate surface area is 159 Å². The van der Waals surface area contributed by atoms with Gasteiger partial charge in [0.2, 0.25) is 0 Å². The van der Waals surface area contributed by atoms with Gasteiger partial charge in [-0.3, -0.25) is 4.79 Å². The standard InChI is InChI=1S/C17H14Cl3NO4/c1-2-24-12-5-3-10(4-6-12)17(23)25-9-15(22)21-16-13(19)7-11(18)8-14(16)20/h3-8H,2,9H2,1H3,(H,21,22). The quantitative estimate of drug-likeness (QED) is 0.702. The molecule has 0 atom stereocenters. The Hall–Kier alpha value is -1.95. The van der Waals surface area contributed by atoms with Crippen LogP contribution in [-0.4, -0.2) is 25.1 Å². The molecule has 132 valence electrons. The summed E-state index contributed by atoms with van der Waals surface area (Å²) in [7, 11) is 0. The topological polar surface area (TPSA) is 64.6 Å². The van der Waals surface area contributed by atoms with Crippen molar-refractivity contribution >= 4 is 52.4 Å². The fourth-order valence-electron chi connectivity index (χ4n) is 1.91.